The fourth-order valence-corrected chi connectivity index (χ4v) is 1.38. The first-order valence-corrected chi connectivity index (χ1v) is 4.02. The second-order valence-corrected chi connectivity index (χ2v) is 2.97. The molecule has 3 nitrogen and oxygen atoms in total. The van der Waals surface area contributed by atoms with E-state index in [9.17, 15) is 4.39 Å². The molecule has 0 spiro atoms. The van der Waals surface area contributed by atoms with Crippen molar-refractivity contribution < 1.29 is 4.39 Å². The number of nitrogens with zero attached hydrogens (tertiary/aromatic N) is 2. The summed E-state index contributed by atoms with van der Waals surface area (Å²) < 4.78 is 14.9. The van der Waals surface area contributed by atoms with E-state index in [-0.39, 0.29) is 12.4 Å². The minimum atomic E-state index is -0.265. The van der Waals surface area contributed by atoms with Crippen molar-refractivity contribution in [1.29, 1.82) is 0 Å². The summed E-state index contributed by atoms with van der Waals surface area (Å²) in [5.41, 5.74) is 6.70. The molecule has 0 aliphatic heterocycles. The van der Waals surface area contributed by atoms with Gasteiger partial charge in [-0.05, 0) is 6.07 Å². The Morgan fingerprint density at radius 1 is 1.54 bits per heavy atom. The second-order valence-electron chi connectivity index (χ2n) is 2.97. The number of rotatable bonds is 1. The Hall–Kier alpha value is -1.42. The van der Waals surface area contributed by atoms with Gasteiger partial charge >= 0.3 is 0 Å². The second kappa shape index (κ2) is 2.81. The number of hydrogen-bond acceptors (Lipinski definition) is 2. The van der Waals surface area contributed by atoms with Crippen molar-refractivity contribution in [1.82, 2.24) is 9.78 Å². The van der Waals surface area contributed by atoms with Crippen LogP contribution < -0.4 is 5.73 Å². The van der Waals surface area contributed by atoms with Crippen molar-refractivity contribution in [3.63, 3.8) is 0 Å². The summed E-state index contributed by atoms with van der Waals surface area (Å²) in [6.07, 6.45) is 1.70. The molecule has 1 aromatic heterocycles. The molecule has 0 atom stereocenters. The Balaban J connectivity index is 2.76. The summed E-state index contributed by atoms with van der Waals surface area (Å²) in [5.74, 6) is -0.265. The molecule has 0 aliphatic rings. The van der Waals surface area contributed by atoms with Gasteiger partial charge in [0.1, 0.15) is 5.82 Å². The van der Waals surface area contributed by atoms with Gasteiger partial charge in [0.25, 0.3) is 0 Å². The minimum Gasteiger partial charge on any atom is -0.326 e. The molecular weight excluding hydrogens is 169 g/mol. The summed E-state index contributed by atoms with van der Waals surface area (Å²) >= 11 is 0. The van der Waals surface area contributed by atoms with Gasteiger partial charge in [-0.3, -0.25) is 4.68 Å². The van der Waals surface area contributed by atoms with E-state index in [4.69, 9.17) is 5.73 Å². The van der Waals surface area contributed by atoms with Gasteiger partial charge in [0.15, 0.2) is 0 Å². The monoisotopic (exact) mass is 179 g/mol. The van der Waals surface area contributed by atoms with Gasteiger partial charge in [-0.1, -0.05) is 0 Å². The number of nitrogens with two attached hydrogens (primary N) is 1. The molecule has 1 heterocycles. The van der Waals surface area contributed by atoms with Gasteiger partial charge in [0, 0.05) is 30.6 Å². The van der Waals surface area contributed by atoms with Crippen LogP contribution in [-0.2, 0) is 13.6 Å². The van der Waals surface area contributed by atoms with Crippen LogP contribution in [0.4, 0.5) is 4.39 Å². The fourth-order valence-electron chi connectivity index (χ4n) is 1.38. The van der Waals surface area contributed by atoms with Crippen LogP contribution in [0.2, 0.25) is 0 Å². The summed E-state index contributed by atoms with van der Waals surface area (Å²) in [6, 6.07) is 3.20. The Bertz CT molecular complexity index is 447. The molecule has 2 rings (SSSR count). The predicted molar refractivity (Wildman–Crippen MR) is 48.6 cm³/mol. The van der Waals surface area contributed by atoms with Crippen LogP contribution in [0.15, 0.2) is 18.3 Å². The highest BCUT2D eigenvalue weighted by molar-refractivity contribution is 5.79. The number of benzene rings is 1. The van der Waals surface area contributed by atoms with Crippen molar-refractivity contribution in [2.75, 3.05) is 0 Å². The first kappa shape index (κ1) is 8.19. The lowest BCUT2D eigenvalue weighted by Gasteiger charge is -2.00. The predicted octanol–water partition coefficient (Wildman–Crippen LogP) is 1.17. The minimum absolute atomic E-state index is 0.219. The first-order chi connectivity index (χ1) is 6.22. The van der Waals surface area contributed by atoms with E-state index in [0.717, 1.165) is 10.9 Å². The quantitative estimate of drug-likeness (QED) is 0.714. The Morgan fingerprint density at radius 3 is 3.00 bits per heavy atom. The average molecular weight is 179 g/mol. The summed E-state index contributed by atoms with van der Waals surface area (Å²) in [5, 5.41) is 4.94. The van der Waals surface area contributed by atoms with Crippen LogP contribution in [0.25, 0.3) is 10.9 Å². The van der Waals surface area contributed by atoms with Crippen molar-refractivity contribution in [2.24, 2.45) is 12.8 Å². The van der Waals surface area contributed by atoms with E-state index < -0.39 is 0 Å². The highest BCUT2D eigenvalue weighted by Crippen LogP contribution is 2.17. The zero-order valence-electron chi connectivity index (χ0n) is 7.29. The van der Waals surface area contributed by atoms with E-state index in [1.165, 1.54) is 6.07 Å². The van der Waals surface area contributed by atoms with Crippen LogP contribution >= 0.6 is 0 Å². The number of fused-ring (bicyclic) bond motifs is 1. The molecule has 2 N–H and O–H groups in total. The number of aromatic nitrogens is 2. The lowest BCUT2D eigenvalue weighted by molar-refractivity contribution is 0.611. The zero-order chi connectivity index (χ0) is 9.42. The molecule has 0 amide bonds. The van der Waals surface area contributed by atoms with Crippen LogP contribution in [0, 0.1) is 5.82 Å². The van der Waals surface area contributed by atoms with Crippen LogP contribution in [0.3, 0.4) is 0 Å². The van der Waals surface area contributed by atoms with E-state index in [2.05, 4.69) is 5.10 Å². The third-order valence-corrected chi connectivity index (χ3v) is 2.13. The summed E-state index contributed by atoms with van der Waals surface area (Å²) in [6.45, 7) is 0.219. The Labute approximate surface area is 75.0 Å². The normalized spacial score (nSPS) is 11.0. The molecule has 1 aromatic carbocycles. The van der Waals surface area contributed by atoms with E-state index in [1.807, 2.05) is 0 Å². The highest BCUT2D eigenvalue weighted by atomic mass is 19.1. The zero-order valence-corrected chi connectivity index (χ0v) is 7.29. The lowest BCUT2D eigenvalue weighted by Crippen LogP contribution is -2.00. The Kier molecular flexibility index (Phi) is 1.77. The molecule has 0 bridgehead atoms. The largest absolute Gasteiger partial charge is 0.326 e. The molecular formula is C9H10FN3. The highest BCUT2D eigenvalue weighted by Gasteiger charge is 2.05. The Morgan fingerprint density at radius 2 is 2.31 bits per heavy atom. The third kappa shape index (κ3) is 1.19. The third-order valence-electron chi connectivity index (χ3n) is 2.13. The lowest BCUT2D eigenvalue weighted by atomic mass is 10.1. The molecule has 0 saturated heterocycles. The number of hydrogen-bond donors (Lipinski definition) is 1. The van der Waals surface area contributed by atoms with E-state index in [0.29, 0.717) is 5.56 Å². The SMILES string of the molecule is Cn1ncc2cc(CN)c(F)cc21. The standard InChI is InChI=1S/C9H10FN3/c1-13-9-3-8(10)6(4-11)2-7(9)5-12-13/h2-3,5H,4,11H2,1H3. The van der Waals surface area contributed by atoms with Gasteiger partial charge in [-0.25, -0.2) is 4.39 Å². The molecule has 0 radical (unpaired) electrons. The molecule has 4 heteroatoms. The van der Waals surface area contributed by atoms with Gasteiger partial charge in [-0.2, -0.15) is 5.10 Å². The molecule has 0 aliphatic carbocycles. The molecule has 0 unspecified atom stereocenters. The van der Waals surface area contributed by atoms with Crippen LogP contribution in [-0.4, -0.2) is 9.78 Å². The van der Waals surface area contributed by atoms with Crippen LogP contribution in [0.5, 0.6) is 0 Å². The molecule has 13 heavy (non-hydrogen) atoms. The maximum atomic E-state index is 13.3. The van der Waals surface area contributed by atoms with Gasteiger partial charge in [0.05, 0.1) is 11.7 Å². The van der Waals surface area contributed by atoms with E-state index in [1.54, 1.807) is 24.0 Å². The number of aryl methyl sites for hydroxylation is 1. The van der Waals surface area contributed by atoms with Gasteiger partial charge in [-0.15, -0.1) is 0 Å². The van der Waals surface area contributed by atoms with Crippen molar-refractivity contribution in [3.8, 4) is 0 Å². The van der Waals surface area contributed by atoms with Crippen molar-refractivity contribution >= 4 is 10.9 Å². The average Bonchev–Trinajstić information content (AvgIpc) is 2.47. The summed E-state index contributed by atoms with van der Waals surface area (Å²) in [4.78, 5) is 0. The van der Waals surface area contributed by atoms with Gasteiger partial charge in [0.2, 0.25) is 0 Å². The van der Waals surface area contributed by atoms with Crippen molar-refractivity contribution in [3.05, 3.63) is 29.7 Å². The molecule has 2 aromatic rings. The molecule has 68 valence electrons. The van der Waals surface area contributed by atoms with E-state index >= 15 is 0 Å². The van der Waals surface area contributed by atoms with Crippen molar-refractivity contribution in [2.45, 2.75) is 6.54 Å². The van der Waals surface area contributed by atoms with Gasteiger partial charge < -0.3 is 5.73 Å². The fraction of sp³-hybridized carbons (Fsp3) is 0.222. The topological polar surface area (TPSA) is 43.8 Å². The smallest absolute Gasteiger partial charge is 0.129 e. The maximum absolute atomic E-state index is 13.3. The molecule has 0 saturated carbocycles. The molecule has 0 fully saturated rings. The van der Waals surface area contributed by atoms with Crippen LogP contribution in [0.1, 0.15) is 5.56 Å². The summed E-state index contributed by atoms with van der Waals surface area (Å²) in [7, 11) is 1.78. The first-order valence-electron chi connectivity index (χ1n) is 4.02. The maximum Gasteiger partial charge on any atom is 0.129 e. The number of halogens is 1.